The van der Waals surface area contributed by atoms with Gasteiger partial charge in [-0.1, -0.05) is 35.4 Å². The first kappa shape index (κ1) is 49.9. The molecule has 0 saturated heterocycles. The predicted octanol–water partition coefficient (Wildman–Crippen LogP) is 1.75. The lowest BCUT2D eigenvalue weighted by atomic mass is 10.1. The van der Waals surface area contributed by atoms with Crippen LogP contribution in [0.2, 0.25) is 0 Å². The van der Waals surface area contributed by atoms with Gasteiger partial charge >= 0.3 is 18.2 Å². The van der Waals surface area contributed by atoms with E-state index in [2.05, 4.69) is 47.2 Å². The van der Waals surface area contributed by atoms with E-state index in [0.29, 0.717) is 25.7 Å². The van der Waals surface area contributed by atoms with E-state index >= 15 is 0 Å². The van der Waals surface area contributed by atoms with Crippen LogP contribution in [0.5, 0.6) is 0 Å². The second-order valence-electron chi connectivity index (χ2n) is 14.8. The van der Waals surface area contributed by atoms with Crippen LogP contribution in [0, 0.1) is 0 Å². The first-order valence-electron chi connectivity index (χ1n) is 18.8. The Bertz CT molecular complexity index is 1570. The molecule has 0 bridgehead atoms. The van der Waals surface area contributed by atoms with Crippen molar-refractivity contribution in [2.75, 3.05) is 39.3 Å². The highest BCUT2D eigenvalue weighted by Gasteiger charge is 2.30. The summed E-state index contributed by atoms with van der Waals surface area (Å²) in [5.74, 6) is -4.32. The first-order valence-corrected chi connectivity index (χ1v) is 18.8. The Morgan fingerprint density at radius 1 is 0.638 bits per heavy atom. The molecular weight excluding hydrogens is 760 g/mol. The van der Waals surface area contributed by atoms with Crippen molar-refractivity contribution in [2.24, 2.45) is 5.11 Å². The maximum absolute atomic E-state index is 13.7. The van der Waals surface area contributed by atoms with Crippen molar-refractivity contribution in [3.63, 3.8) is 0 Å². The number of ether oxygens (including phenoxy) is 3. The number of alkyl carbamates (subject to hydrolysis) is 2. The number of unbranched alkanes of at least 4 members (excludes halogenated alkanes) is 2. The molecule has 21 heteroatoms. The first-order chi connectivity index (χ1) is 27.3. The molecule has 0 aliphatic carbocycles. The number of nitrogens with one attached hydrogen (secondary N) is 7. The smallest absolute Gasteiger partial charge is 0.407 e. The third-order valence-electron chi connectivity index (χ3n) is 7.26. The zero-order chi connectivity index (χ0) is 43.6. The van der Waals surface area contributed by atoms with E-state index in [9.17, 15) is 38.4 Å². The van der Waals surface area contributed by atoms with E-state index < -0.39 is 97.2 Å². The molecule has 322 valence electrons. The fraction of sp³-hybridized carbons (Fsp3) is 0.622. The minimum Gasteiger partial charge on any atom is -0.458 e. The van der Waals surface area contributed by atoms with Crippen LogP contribution in [0.15, 0.2) is 35.4 Å². The molecule has 0 aliphatic rings. The number of hydrogen-bond donors (Lipinski definition) is 7. The van der Waals surface area contributed by atoms with E-state index in [4.69, 9.17) is 19.7 Å². The molecule has 0 saturated carbocycles. The molecule has 21 nitrogen and oxygen atoms in total. The van der Waals surface area contributed by atoms with E-state index in [-0.39, 0.29) is 32.5 Å². The Balaban J connectivity index is 2.85. The Morgan fingerprint density at radius 3 is 1.71 bits per heavy atom. The molecule has 0 aromatic heterocycles. The molecule has 7 amide bonds. The zero-order valence-electron chi connectivity index (χ0n) is 34.1. The lowest BCUT2D eigenvalue weighted by Gasteiger charge is -2.26. The standard InChI is InChI=1S/C37H58N10O11/c1-36(2,3)57-33(53)27(17-11-13-18-39-34(54)56-24-25-14-8-7-9-15-25)46-32(52)26(16-10-12-19-40-35(55)58-37(4,5)6)45-31(51)22-43-29(49)20-41-28(48)21-42-30(50)23-44-47-38/h7-9,14-15,26-27H,10-13,16-24H2,1-6H3,(H,39,54)(H,40,55)(H,41,48)(H,42,50)(H,43,49)(H,45,51)(H,46,52)/t26-,27-/m0/s1. The van der Waals surface area contributed by atoms with Gasteiger partial charge in [-0.3, -0.25) is 24.0 Å². The third kappa shape index (κ3) is 25.9. The molecule has 58 heavy (non-hydrogen) atoms. The van der Waals surface area contributed by atoms with Gasteiger partial charge in [0.1, 0.15) is 36.4 Å². The zero-order valence-corrected chi connectivity index (χ0v) is 34.1. The average Bonchev–Trinajstić information content (AvgIpc) is 3.14. The van der Waals surface area contributed by atoms with Crippen LogP contribution in [0.1, 0.15) is 85.6 Å². The van der Waals surface area contributed by atoms with Crippen molar-refractivity contribution in [3.8, 4) is 0 Å². The topological polar surface area (TPSA) is 297 Å². The molecule has 0 spiro atoms. The van der Waals surface area contributed by atoms with Gasteiger partial charge < -0.3 is 51.4 Å². The van der Waals surface area contributed by atoms with Gasteiger partial charge in [-0.15, -0.1) is 0 Å². The number of benzene rings is 1. The average molecular weight is 819 g/mol. The van der Waals surface area contributed by atoms with Gasteiger partial charge in [-0.05, 0) is 91.2 Å². The van der Waals surface area contributed by atoms with Crippen molar-refractivity contribution < 1.29 is 52.6 Å². The van der Waals surface area contributed by atoms with Gasteiger partial charge in [-0.25, -0.2) is 14.4 Å². The van der Waals surface area contributed by atoms with Gasteiger partial charge in [-0.2, -0.15) is 0 Å². The van der Waals surface area contributed by atoms with Gasteiger partial charge in [0.15, 0.2) is 0 Å². The van der Waals surface area contributed by atoms with Crippen LogP contribution in [0.4, 0.5) is 9.59 Å². The highest BCUT2D eigenvalue weighted by Crippen LogP contribution is 2.13. The van der Waals surface area contributed by atoms with Crippen LogP contribution in [0.3, 0.4) is 0 Å². The van der Waals surface area contributed by atoms with Gasteiger partial charge in [0.2, 0.25) is 29.5 Å². The number of hydrogen-bond acceptors (Lipinski definition) is 12. The lowest BCUT2D eigenvalue weighted by molar-refractivity contribution is -0.159. The summed E-state index contributed by atoms with van der Waals surface area (Å²) in [6.45, 7) is 8.66. The summed E-state index contributed by atoms with van der Waals surface area (Å²) in [7, 11) is 0. The number of amides is 7. The molecule has 7 N–H and O–H groups in total. The monoisotopic (exact) mass is 818 g/mol. The molecular formula is C37H58N10O11. The van der Waals surface area contributed by atoms with Gasteiger partial charge in [0.05, 0.1) is 19.6 Å². The Morgan fingerprint density at radius 2 is 1.16 bits per heavy atom. The molecule has 0 heterocycles. The molecule has 1 aromatic carbocycles. The van der Waals surface area contributed by atoms with Crippen molar-refractivity contribution in [3.05, 3.63) is 46.3 Å². The summed E-state index contributed by atoms with van der Waals surface area (Å²) < 4.78 is 16.0. The normalized spacial score (nSPS) is 11.9. The van der Waals surface area contributed by atoms with Crippen molar-refractivity contribution >= 4 is 47.7 Å². The van der Waals surface area contributed by atoms with Crippen LogP contribution < -0.4 is 37.2 Å². The molecule has 0 unspecified atom stereocenters. The molecule has 0 aliphatic heterocycles. The number of nitrogens with zero attached hydrogens (tertiary/aromatic N) is 3. The fourth-order valence-corrected chi connectivity index (χ4v) is 4.64. The van der Waals surface area contributed by atoms with Crippen molar-refractivity contribution in [1.29, 1.82) is 0 Å². The number of esters is 1. The SMILES string of the molecule is CC(C)(C)OC(=O)NCCCC[C@H](NC(=O)CNC(=O)CNC(=O)CNC(=O)CN=[N+]=[N-])C(=O)N[C@@H](CCCCNC(=O)OCc1ccccc1)C(=O)OC(C)(C)C. The van der Waals surface area contributed by atoms with Crippen LogP contribution >= 0.6 is 0 Å². The van der Waals surface area contributed by atoms with Crippen LogP contribution in [-0.4, -0.2) is 110 Å². The van der Waals surface area contributed by atoms with Gasteiger partial charge in [0.25, 0.3) is 0 Å². The number of azide groups is 1. The van der Waals surface area contributed by atoms with Gasteiger partial charge in [0, 0.05) is 18.0 Å². The van der Waals surface area contributed by atoms with Crippen LogP contribution in [0.25, 0.3) is 10.4 Å². The quantitative estimate of drug-likeness (QED) is 0.0197. The highest BCUT2D eigenvalue weighted by atomic mass is 16.6. The van der Waals surface area contributed by atoms with E-state index in [1.165, 1.54) is 0 Å². The summed E-state index contributed by atoms with van der Waals surface area (Å²) in [4.78, 5) is 102. The number of rotatable bonds is 24. The number of carbonyl (C=O) groups is 8. The lowest BCUT2D eigenvalue weighted by Crippen LogP contribution is -2.54. The van der Waals surface area contributed by atoms with Crippen molar-refractivity contribution in [2.45, 2.75) is 110 Å². The maximum atomic E-state index is 13.7. The van der Waals surface area contributed by atoms with Crippen LogP contribution in [-0.2, 0) is 49.6 Å². The Labute approximate surface area is 337 Å². The molecule has 1 aromatic rings. The Hall–Kier alpha value is -6.11. The maximum Gasteiger partial charge on any atom is 0.407 e. The summed E-state index contributed by atoms with van der Waals surface area (Å²) in [5.41, 5.74) is 7.51. The highest BCUT2D eigenvalue weighted by molar-refractivity contribution is 5.93. The van der Waals surface area contributed by atoms with E-state index in [0.717, 1.165) is 5.56 Å². The second kappa shape index (κ2) is 26.7. The van der Waals surface area contributed by atoms with E-state index in [1.807, 2.05) is 30.3 Å². The third-order valence-corrected chi connectivity index (χ3v) is 7.26. The minimum absolute atomic E-state index is 0.0824. The summed E-state index contributed by atoms with van der Waals surface area (Å²) in [6.07, 6.45) is 0.573. The largest absolute Gasteiger partial charge is 0.458 e. The number of carbonyl (C=O) groups excluding carboxylic acids is 8. The van der Waals surface area contributed by atoms with E-state index in [1.54, 1.807) is 41.5 Å². The second-order valence-corrected chi connectivity index (χ2v) is 14.8. The summed E-state index contributed by atoms with van der Waals surface area (Å²) in [5, 5.41) is 20.3. The molecule has 2 atom stereocenters. The Kier molecular flexibility index (Phi) is 23.0. The molecule has 0 fully saturated rings. The summed E-state index contributed by atoms with van der Waals surface area (Å²) in [6, 6.07) is 6.88. The van der Waals surface area contributed by atoms with Crippen molar-refractivity contribution in [1.82, 2.24) is 37.2 Å². The fourth-order valence-electron chi connectivity index (χ4n) is 4.64. The molecule has 0 radical (unpaired) electrons. The molecule has 1 rings (SSSR count). The predicted molar refractivity (Wildman–Crippen MR) is 209 cm³/mol. The summed E-state index contributed by atoms with van der Waals surface area (Å²) >= 11 is 0. The minimum atomic E-state index is -1.18.